The molecule has 4 heteroatoms. The van der Waals surface area contributed by atoms with E-state index >= 15 is 0 Å². The van der Waals surface area contributed by atoms with Crippen molar-refractivity contribution >= 4 is 28.9 Å². The van der Waals surface area contributed by atoms with Crippen LogP contribution in [0.1, 0.15) is 12.5 Å². The number of rotatable bonds is 4. The van der Waals surface area contributed by atoms with E-state index in [-0.39, 0.29) is 11.9 Å². The lowest BCUT2D eigenvalue weighted by atomic mass is 10.2. The number of aryl methyl sites for hydroxylation is 1. The Bertz CT molecular complexity index is 613. The Kier molecular flexibility index (Phi) is 4.64. The molecule has 0 aromatic heterocycles. The van der Waals surface area contributed by atoms with Crippen LogP contribution in [-0.2, 0) is 4.79 Å². The van der Waals surface area contributed by atoms with Crippen molar-refractivity contribution in [3.63, 3.8) is 0 Å². The van der Waals surface area contributed by atoms with E-state index in [4.69, 9.17) is 11.6 Å². The van der Waals surface area contributed by atoms with Crippen molar-refractivity contribution in [2.75, 3.05) is 10.6 Å². The molecule has 2 N–H and O–H groups in total. The molecule has 1 amide bonds. The normalized spacial score (nSPS) is 11.8. The lowest BCUT2D eigenvalue weighted by Gasteiger charge is -2.15. The lowest BCUT2D eigenvalue weighted by molar-refractivity contribution is -0.116. The Morgan fingerprint density at radius 3 is 2.50 bits per heavy atom. The summed E-state index contributed by atoms with van der Waals surface area (Å²) in [4.78, 5) is 12.1. The van der Waals surface area contributed by atoms with Crippen molar-refractivity contribution in [1.29, 1.82) is 0 Å². The van der Waals surface area contributed by atoms with E-state index in [0.717, 1.165) is 11.3 Å². The average molecular weight is 289 g/mol. The van der Waals surface area contributed by atoms with Gasteiger partial charge >= 0.3 is 0 Å². The molecule has 104 valence electrons. The smallest absolute Gasteiger partial charge is 0.246 e. The Morgan fingerprint density at radius 1 is 1.10 bits per heavy atom. The summed E-state index contributed by atoms with van der Waals surface area (Å²) in [6.45, 7) is 3.84. The molecule has 0 heterocycles. The largest absolute Gasteiger partial charge is 0.374 e. The summed E-state index contributed by atoms with van der Waals surface area (Å²) in [5.41, 5.74) is 2.77. The molecule has 0 saturated heterocycles. The second kappa shape index (κ2) is 6.44. The Hall–Kier alpha value is -2.00. The van der Waals surface area contributed by atoms with Gasteiger partial charge in [0.05, 0.1) is 0 Å². The van der Waals surface area contributed by atoms with E-state index in [1.165, 1.54) is 0 Å². The first-order valence-corrected chi connectivity index (χ1v) is 6.82. The second-order valence-corrected chi connectivity index (χ2v) is 5.17. The van der Waals surface area contributed by atoms with E-state index in [1.54, 1.807) is 18.2 Å². The van der Waals surface area contributed by atoms with Gasteiger partial charge in [0.15, 0.2) is 0 Å². The van der Waals surface area contributed by atoms with Crippen LogP contribution in [0.25, 0.3) is 0 Å². The van der Waals surface area contributed by atoms with Gasteiger partial charge in [-0.2, -0.15) is 0 Å². The molecule has 0 saturated carbocycles. The predicted molar refractivity (Wildman–Crippen MR) is 84.3 cm³/mol. The summed E-state index contributed by atoms with van der Waals surface area (Å²) in [6.07, 6.45) is 0. The number of carbonyl (C=O) groups excluding carboxylic acids is 1. The van der Waals surface area contributed by atoms with Gasteiger partial charge < -0.3 is 10.6 Å². The highest BCUT2D eigenvalue weighted by molar-refractivity contribution is 6.30. The molecule has 0 fully saturated rings. The third-order valence-corrected chi connectivity index (χ3v) is 3.12. The summed E-state index contributed by atoms with van der Waals surface area (Å²) >= 11 is 5.89. The van der Waals surface area contributed by atoms with Gasteiger partial charge in [0.1, 0.15) is 6.04 Å². The molecule has 1 unspecified atom stereocenters. The zero-order valence-corrected chi connectivity index (χ0v) is 12.2. The SMILES string of the molecule is Cc1cccc(NC(C)C(=O)Nc2cccc(Cl)c2)c1. The average Bonchev–Trinajstić information content (AvgIpc) is 2.38. The molecule has 0 aliphatic heterocycles. The van der Waals surface area contributed by atoms with Crippen LogP contribution < -0.4 is 10.6 Å². The summed E-state index contributed by atoms with van der Waals surface area (Å²) in [5.74, 6) is -0.103. The summed E-state index contributed by atoms with van der Waals surface area (Å²) in [5, 5.41) is 6.60. The molecule has 20 heavy (non-hydrogen) atoms. The second-order valence-electron chi connectivity index (χ2n) is 4.74. The highest BCUT2D eigenvalue weighted by atomic mass is 35.5. The van der Waals surface area contributed by atoms with E-state index in [0.29, 0.717) is 10.7 Å². The maximum Gasteiger partial charge on any atom is 0.246 e. The highest BCUT2D eigenvalue weighted by Gasteiger charge is 2.12. The lowest BCUT2D eigenvalue weighted by Crippen LogP contribution is -2.31. The first-order valence-electron chi connectivity index (χ1n) is 6.44. The predicted octanol–water partition coefficient (Wildman–Crippen LogP) is 4.09. The Balaban J connectivity index is 1.98. The molecule has 0 aliphatic rings. The molecule has 1 atom stereocenters. The van der Waals surface area contributed by atoms with E-state index in [2.05, 4.69) is 10.6 Å². The minimum absolute atomic E-state index is 0.103. The molecule has 2 rings (SSSR count). The number of hydrogen-bond donors (Lipinski definition) is 2. The third kappa shape index (κ3) is 4.00. The van der Waals surface area contributed by atoms with Crippen molar-refractivity contribution < 1.29 is 4.79 Å². The van der Waals surface area contributed by atoms with E-state index < -0.39 is 0 Å². The Morgan fingerprint density at radius 2 is 1.80 bits per heavy atom. The topological polar surface area (TPSA) is 41.1 Å². The van der Waals surface area contributed by atoms with Gasteiger partial charge in [-0.3, -0.25) is 4.79 Å². The standard InChI is InChI=1S/C16H17ClN2O/c1-11-5-3-7-14(9-11)18-12(2)16(20)19-15-8-4-6-13(17)10-15/h3-10,12,18H,1-2H3,(H,19,20). The summed E-state index contributed by atoms with van der Waals surface area (Å²) in [6, 6.07) is 14.7. The van der Waals surface area contributed by atoms with Crippen LogP contribution in [0, 0.1) is 6.92 Å². The number of benzene rings is 2. The molecular formula is C16H17ClN2O. The highest BCUT2D eigenvalue weighted by Crippen LogP contribution is 2.16. The van der Waals surface area contributed by atoms with Gasteiger partial charge in [0, 0.05) is 16.4 Å². The van der Waals surface area contributed by atoms with Gasteiger partial charge in [-0.1, -0.05) is 29.8 Å². The number of amides is 1. The number of nitrogens with one attached hydrogen (secondary N) is 2. The molecule has 0 spiro atoms. The van der Waals surface area contributed by atoms with Crippen LogP contribution in [0.4, 0.5) is 11.4 Å². The van der Waals surface area contributed by atoms with E-state index in [9.17, 15) is 4.79 Å². The van der Waals surface area contributed by atoms with Crippen molar-refractivity contribution in [3.05, 3.63) is 59.1 Å². The fraction of sp³-hybridized carbons (Fsp3) is 0.188. The number of anilines is 2. The van der Waals surface area contributed by atoms with Crippen molar-refractivity contribution in [3.8, 4) is 0 Å². The van der Waals surface area contributed by atoms with Gasteiger partial charge in [0.25, 0.3) is 0 Å². The number of carbonyl (C=O) groups is 1. The Labute approximate surface area is 124 Å². The minimum atomic E-state index is -0.337. The van der Waals surface area contributed by atoms with Crippen LogP contribution >= 0.6 is 11.6 Å². The first kappa shape index (κ1) is 14.4. The molecule has 2 aromatic rings. The van der Waals surface area contributed by atoms with Gasteiger partial charge in [-0.15, -0.1) is 0 Å². The summed E-state index contributed by atoms with van der Waals surface area (Å²) < 4.78 is 0. The first-order chi connectivity index (χ1) is 9.54. The maximum atomic E-state index is 12.1. The third-order valence-electron chi connectivity index (χ3n) is 2.89. The number of halogens is 1. The quantitative estimate of drug-likeness (QED) is 0.890. The maximum absolute atomic E-state index is 12.1. The van der Waals surface area contributed by atoms with E-state index in [1.807, 2.05) is 44.2 Å². The zero-order chi connectivity index (χ0) is 14.5. The molecule has 0 radical (unpaired) electrons. The van der Waals surface area contributed by atoms with Gasteiger partial charge in [0.2, 0.25) is 5.91 Å². The van der Waals surface area contributed by atoms with Crippen molar-refractivity contribution in [2.45, 2.75) is 19.9 Å². The molecule has 3 nitrogen and oxygen atoms in total. The zero-order valence-electron chi connectivity index (χ0n) is 11.5. The van der Waals surface area contributed by atoms with Crippen molar-refractivity contribution in [1.82, 2.24) is 0 Å². The number of hydrogen-bond acceptors (Lipinski definition) is 2. The molecular weight excluding hydrogens is 272 g/mol. The van der Waals surface area contributed by atoms with Crippen LogP contribution in [0.5, 0.6) is 0 Å². The molecule has 2 aromatic carbocycles. The van der Waals surface area contributed by atoms with Crippen LogP contribution in [0.15, 0.2) is 48.5 Å². The van der Waals surface area contributed by atoms with Crippen LogP contribution in [0.3, 0.4) is 0 Å². The van der Waals surface area contributed by atoms with Crippen LogP contribution in [0.2, 0.25) is 5.02 Å². The molecule has 0 bridgehead atoms. The van der Waals surface area contributed by atoms with Gasteiger partial charge in [-0.05, 0) is 49.7 Å². The fourth-order valence-electron chi connectivity index (χ4n) is 1.87. The van der Waals surface area contributed by atoms with Crippen molar-refractivity contribution in [2.24, 2.45) is 0 Å². The van der Waals surface area contributed by atoms with Gasteiger partial charge in [-0.25, -0.2) is 0 Å². The monoisotopic (exact) mass is 288 g/mol. The fourth-order valence-corrected chi connectivity index (χ4v) is 2.06. The van der Waals surface area contributed by atoms with Crippen LogP contribution in [-0.4, -0.2) is 11.9 Å². The molecule has 0 aliphatic carbocycles. The summed E-state index contributed by atoms with van der Waals surface area (Å²) in [7, 11) is 0. The minimum Gasteiger partial charge on any atom is -0.374 e.